The van der Waals surface area contributed by atoms with Crippen molar-refractivity contribution in [2.45, 2.75) is 31.7 Å². The monoisotopic (exact) mass is 439 g/mol. The molecule has 1 aromatic heterocycles. The van der Waals surface area contributed by atoms with Crippen LogP contribution in [0, 0.1) is 5.82 Å². The largest absolute Gasteiger partial charge is 0.336 e. The Labute approximate surface area is 184 Å². The van der Waals surface area contributed by atoms with Crippen molar-refractivity contribution in [2.75, 3.05) is 13.1 Å². The third-order valence-corrected chi connectivity index (χ3v) is 6.37. The number of carbonyl (C=O) groups is 3. The molecular weight excluding hydrogens is 417 g/mol. The van der Waals surface area contributed by atoms with Crippen LogP contribution < -0.4 is 0 Å². The van der Waals surface area contributed by atoms with E-state index in [-0.39, 0.29) is 29.8 Å². The van der Waals surface area contributed by atoms with Crippen LogP contribution in [-0.4, -0.2) is 44.9 Å². The zero-order chi connectivity index (χ0) is 21.8. The van der Waals surface area contributed by atoms with Crippen LogP contribution >= 0.6 is 11.8 Å². The van der Waals surface area contributed by atoms with E-state index < -0.39 is 17.0 Å². The predicted molar refractivity (Wildman–Crippen MR) is 116 cm³/mol. The van der Waals surface area contributed by atoms with Gasteiger partial charge < -0.3 is 4.90 Å². The number of benzene rings is 1. The van der Waals surface area contributed by atoms with Gasteiger partial charge in [0.2, 0.25) is 5.91 Å². The van der Waals surface area contributed by atoms with Gasteiger partial charge in [0.1, 0.15) is 5.82 Å². The normalized spacial score (nSPS) is 20.5. The summed E-state index contributed by atoms with van der Waals surface area (Å²) in [5.74, 6) is -0.945. The van der Waals surface area contributed by atoms with E-state index in [0.29, 0.717) is 12.1 Å². The molecule has 1 unspecified atom stereocenters. The summed E-state index contributed by atoms with van der Waals surface area (Å²) < 4.78 is 13.4. The summed E-state index contributed by atoms with van der Waals surface area (Å²) in [4.78, 5) is 45.3. The zero-order valence-corrected chi connectivity index (χ0v) is 17.7. The lowest BCUT2D eigenvalue weighted by Crippen LogP contribution is -2.40. The van der Waals surface area contributed by atoms with E-state index in [1.165, 1.54) is 18.2 Å². The van der Waals surface area contributed by atoms with Gasteiger partial charge in [-0.3, -0.25) is 24.3 Å². The van der Waals surface area contributed by atoms with Gasteiger partial charge in [-0.25, -0.2) is 4.39 Å². The number of halogens is 1. The molecule has 3 amide bonds. The lowest BCUT2D eigenvalue weighted by atomic mass is 9.96. The molecule has 0 N–H and O–H groups in total. The maximum atomic E-state index is 13.4. The van der Waals surface area contributed by atoms with Gasteiger partial charge in [-0.1, -0.05) is 18.2 Å². The highest BCUT2D eigenvalue weighted by atomic mass is 32.2. The summed E-state index contributed by atoms with van der Waals surface area (Å²) in [5, 5.41) is -0.414. The number of carbonyl (C=O) groups excluding carboxylic acids is 3. The highest BCUT2D eigenvalue weighted by Gasteiger charge is 2.36. The maximum Gasteiger partial charge on any atom is 0.293 e. The van der Waals surface area contributed by atoms with Crippen LogP contribution in [-0.2, 0) is 9.59 Å². The molecule has 0 radical (unpaired) electrons. The molecule has 160 valence electrons. The number of nitrogens with zero attached hydrogens (tertiary/aromatic N) is 3. The van der Waals surface area contributed by atoms with Crippen LogP contribution in [0.1, 0.15) is 42.9 Å². The topological polar surface area (TPSA) is 70.6 Å². The minimum atomic E-state index is -0.450. The van der Waals surface area contributed by atoms with Crippen molar-refractivity contribution in [1.82, 2.24) is 14.8 Å². The molecule has 31 heavy (non-hydrogen) atoms. The van der Waals surface area contributed by atoms with Gasteiger partial charge in [-0.15, -0.1) is 0 Å². The van der Waals surface area contributed by atoms with E-state index in [4.69, 9.17) is 0 Å². The van der Waals surface area contributed by atoms with Gasteiger partial charge in [0.15, 0.2) is 0 Å². The van der Waals surface area contributed by atoms with Gasteiger partial charge in [0.05, 0.1) is 10.9 Å². The number of imide groups is 1. The van der Waals surface area contributed by atoms with Crippen LogP contribution in [0.25, 0.3) is 6.08 Å². The smallest absolute Gasteiger partial charge is 0.293 e. The van der Waals surface area contributed by atoms with Crippen LogP contribution in [0.2, 0.25) is 0 Å². The average molecular weight is 440 g/mol. The highest BCUT2D eigenvalue weighted by Crippen LogP contribution is 2.34. The molecule has 2 fully saturated rings. The third-order valence-electron chi connectivity index (χ3n) is 5.46. The number of hydrogen-bond donors (Lipinski definition) is 0. The molecule has 8 heteroatoms. The van der Waals surface area contributed by atoms with Crippen molar-refractivity contribution in [3.8, 4) is 0 Å². The SMILES string of the molecule is O=C1SC(=Cc2cccc(F)c2)C(=O)N1CCC(=O)N1CCCCC1c1cccnc1. The molecular formula is C23H22FN3O3S. The van der Waals surface area contributed by atoms with Crippen LogP contribution in [0.4, 0.5) is 9.18 Å². The molecule has 4 rings (SSSR count). The maximum absolute atomic E-state index is 13.4. The molecule has 2 aliphatic heterocycles. The van der Waals surface area contributed by atoms with E-state index >= 15 is 0 Å². The molecule has 1 atom stereocenters. The molecule has 3 heterocycles. The first kappa shape index (κ1) is 21.2. The van der Waals surface area contributed by atoms with E-state index in [1.54, 1.807) is 24.5 Å². The van der Waals surface area contributed by atoms with Gasteiger partial charge in [0.25, 0.3) is 11.1 Å². The number of piperidine rings is 1. The van der Waals surface area contributed by atoms with Crippen molar-refractivity contribution in [3.63, 3.8) is 0 Å². The van der Waals surface area contributed by atoms with Gasteiger partial charge >= 0.3 is 0 Å². The lowest BCUT2D eigenvalue weighted by molar-refractivity contribution is -0.135. The Morgan fingerprint density at radius 1 is 1.23 bits per heavy atom. The molecule has 2 saturated heterocycles. The van der Waals surface area contributed by atoms with Crippen LogP contribution in [0.15, 0.2) is 53.7 Å². The fourth-order valence-corrected chi connectivity index (χ4v) is 4.81. The predicted octanol–water partition coefficient (Wildman–Crippen LogP) is 4.40. The Morgan fingerprint density at radius 3 is 2.87 bits per heavy atom. The van der Waals surface area contributed by atoms with Crippen molar-refractivity contribution in [3.05, 3.63) is 70.6 Å². The standard InChI is InChI=1S/C23H22FN3O3S/c24-18-7-3-5-16(13-18)14-20-22(29)27(23(30)31-20)12-9-21(28)26-11-2-1-8-19(26)17-6-4-10-25-15-17/h3-7,10,13-15,19H,1-2,8-9,11-12H2. The number of aromatic nitrogens is 1. The van der Waals surface area contributed by atoms with Crippen LogP contribution in [0.3, 0.4) is 0 Å². The third kappa shape index (κ3) is 4.85. The number of rotatable bonds is 5. The fraction of sp³-hybridized carbons (Fsp3) is 0.304. The summed E-state index contributed by atoms with van der Waals surface area (Å²) in [5.41, 5.74) is 1.51. The van der Waals surface area contributed by atoms with Crippen molar-refractivity contribution >= 4 is 34.9 Å². The first-order chi connectivity index (χ1) is 15.0. The second kappa shape index (κ2) is 9.43. The quantitative estimate of drug-likeness (QED) is 0.646. The Morgan fingerprint density at radius 2 is 2.10 bits per heavy atom. The van der Waals surface area contributed by atoms with E-state index in [2.05, 4.69) is 4.98 Å². The first-order valence-corrected chi connectivity index (χ1v) is 11.0. The molecule has 0 spiro atoms. The summed E-state index contributed by atoms with van der Waals surface area (Å²) in [6.07, 6.45) is 7.90. The first-order valence-electron chi connectivity index (χ1n) is 10.2. The average Bonchev–Trinajstić information content (AvgIpc) is 3.05. The molecule has 0 bridgehead atoms. The van der Waals surface area contributed by atoms with Crippen molar-refractivity contribution in [1.29, 1.82) is 0 Å². The van der Waals surface area contributed by atoms with Gasteiger partial charge in [-0.05, 0) is 66.4 Å². The van der Waals surface area contributed by atoms with E-state index in [1.807, 2.05) is 17.0 Å². The van der Waals surface area contributed by atoms with Crippen molar-refractivity contribution < 1.29 is 18.8 Å². The van der Waals surface area contributed by atoms with E-state index in [0.717, 1.165) is 41.5 Å². The van der Waals surface area contributed by atoms with Gasteiger partial charge in [0, 0.05) is 31.9 Å². The molecule has 2 aromatic rings. The molecule has 0 aliphatic carbocycles. The summed E-state index contributed by atoms with van der Waals surface area (Å²) in [6.45, 7) is 0.681. The zero-order valence-electron chi connectivity index (χ0n) is 16.9. The second-order valence-corrected chi connectivity index (χ2v) is 8.52. The Kier molecular flexibility index (Phi) is 6.46. The lowest BCUT2D eigenvalue weighted by Gasteiger charge is -2.36. The van der Waals surface area contributed by atoms with Crippen molar-refractivity contribution in [2.24, 2.45) is 0 Å². The number of thioether (sulfide) groups is 1. The number of hydrogen-bond acceptors (Lipinski definition) is 5. The fourth-order valence-electron chi connectivity index (χ4n) is 3.94. The van der Waals surface area contributed by atoms with Gasteiger partial charge in [-0.2, -0.15) is 0 Å². The Bertz CT molecular complexity index is 1030. The second-order valence-electron chi connectivity index (χ2n) is 7.52. The minimum absolute atomic E-state index is 0.0280. The molecule has 0 saturated carbocycles. The summed E-state index contributed by atoms with van der Waals surface area (Å²) in [6, 6.07) is 9.62. The summed E-state index contributed by atoms with van der Waals surface area (Å²) >= 11 is 0.810. The Balaban J connectivity index is 1.41. The molecule has 6 nitrogen and oxygen atoms in total. The molecule has 1 aromatic carbocycles. The number of likely N-dealkylation sites (tertiary alicyclic amines) is 1. The van der Waals surface area contributed by atoms with E-state index in [9.17, 15) is 18.8 Å². The Hall–Kier alpha value is -3.00. The van der Waals surface area contributed by atoms with Crippen LogP contribution in [0.5, 0.6) is 0 Å². The number of pyridine rings is 1. The number of amides is 3. The minimum Gasteiger partial charge on any atom is -0.336 e. The molecule has 2 aliphatic rings. The highest BCUT2D eigenvalue weighted by molar-refractivity contribution is 8.18. The summed E-state index contributed by atoms with van der Waals surface area (Å²) in [7, 11) is 0.